The van der Waals surface area contributed by atoms with E-state index in [1.807, 2.05) is 24.5 Å². The van der Waals surface area contributed by atoms with Gasteiger partial charge < -0.3 is 29.0 Å². The smallest absolute Gasteiger partial charge is 0.318 e. The highest BCUT2D eigenvalue weighted by atomic mass is 16.5. The van der Waals surface area contributed by atoms with Gasteiger partial charge in [-0.05, 0) is 37.9 Å². The Morgan fingerprint density at radius 2 is 2.10 bits per heavy atom. The minimum atomic E-state index is -0.257. The summed E-state index contributed by atoms with van der Waals surface area (Å²) in [5.74, 6) is 0.613. The lowest BCUT2D eigenvalue weighted by Crippen LogP contribution is -2.56. The quantitative estimate of drug-likeness (QED) is 0.325. The second-order valence-electron chi connectivity index (χ2n) is 11.0. The molecule has 6 rings (SSSR count). The van der Waals surface area contributed by atoms with Gasteiger partial charge in [0.2, 0.25) is 12.5 Å². The molecule has 3 atom stereocenters. The summed E-state index contributed by atoms with van der Waals surface area (Å²) in [6, 6.07) is 8.66. The van der Waals surface area contributed by atoms with Gasteiger partial charge in [-0.25, -0.2) is 6.57 Å². The van der Waals surface area contributed by atoms with Crippen molar-refractivity contribution < 1.29 is 14.3 Å². The molecule has 2 fully saturated rings. The largest absolute Gasteiger partial charge is 0.462 e. The number of likely N-dealkylation sites (N-methyl/N-ethyl adjacent to an activating group) is 1. The van der Waals surface area contributed by atoms with Crippen LogP contribution in [0.3, 0.4) is 0 Å². The van der Waals surface area contributed by atoms with E-state index in [0.29, 0.717) is 51.3 Å². The maximum Gasteiger partial charge on any atom is 0.318 e. The van der Waals surface area contributed by atoms with E-state index in [-0.39, 0.29) is 24.6 Å². The molecule has 2 aromatic heterocycles. The molecule has 5 heterocycles. The molecule has 1 amide bonds. The highest BCUT2D eigenvalue weighted by molar-refractivity contribution is 5.87. The number of fused-ring (bicyclic) bond motifs is 2. The van der Waals surface area contributed by atoms with E-state index in [2.05, 4.69) is 45.4 Å². The number of carbonyl (C=O) groups excluding carboxylic acids is 1. The summed E-state index contributed by atoms with van der Waals surface area (Å²) in [4.78, 5) is 36.6. The van der Waals surface area contributed by atoms with Gasteiger partial charge >= 0.3 is 6.01 Å². The molecule has 1 unspecified atom stereocenters. The summed E-state index contributed by atoms with van der Waals surface area (Å²) in [5.41, 5.74) is 2.88. The predicted molar refractivity (Wildman–Crippen MR) is 156 cm³/mol. The topological polar surface area (TPSA) is 88.3 Å². The molecule has 3 aromatic rings. The van der Waals surface area contributed by atoms with Gasteiger partial charge in [0.25, 0.3) is 0 Å². The molecule has 41 heavy (non-hydrogen) atoms. The Bertz CT molecular complexity index is 1480. The molecule has 0 aliphatic carbocycles. The van der Waals surface area contributed by atoms with Gasteiger partial charge in [0, 0.05) is 61.0 Å². The van der Waals surface area contributed by atoms with Crippen molar-refractivity contribution in [2.75, 3.05) is 51.3 Å². The Hall–Kier alpha value is -4.07. The Balaban J connectivity index is 1.33. The van der Waals surface area contributed by atoms with Crippen molar-refractivity contribution in [1.82, 2.24) is 24.8 Å². The van der Waals surface area contributed by atoms with E-state index in [4.69, 9.17) is 26.0 Å². The molecule has 0 bridgehead atoms. The van der Waals surface area contributed by atoms with Crippen LogP contribution >= 0.6 is 0 Å². The first-order valence-electron chi connectivity index (χ1n) is 14.2. The van der Waals surface area contributed by atoms with Crippen molar-refractivity contribution in [3.63, 3.8) is 0 Å². The first-order chi connectivity index (χ1) is 20.1. The Labute approximate surface area is 240 Å². The number of likely N-dealkylation sites (tertiary alicyclic amines) is 1. The van der Waals surface area contributed by atoms with E-state index >= 15 is 0 Å². The molecular formula is C31H35N7O3. The fourth-order valence-corrected chi connectivity index (χ4v) is 6.23. The number of carbonyl (C=O) groups is 1. The highest BCUT2D eigenvalue weighted by Crippen LogP contribution is 2.37. The Morgan fingerprint density at radius 1 is 1.22 bits per heavy atom. The van der Waals surface area contributed by atoms with Crippen LogP contribution in [-0.2, 0) is 22.6 Å². The minimum Gasteiger partial charge on any atom is -0.462 e. The molecule has 0 radical (unpaired) electrons. The van der Waals surface area contributed by atoms with Crippen LogP contribution in [0.5, 0.6) is 6.01 Å². The lowest BCUT2D eigenvalue weighted by molar-refractivity contribution is -0.128. The molecule has 0 spiro atoms. The van der Waals surface area contributed by atoms with E-state index < -0.39 is 0 Å². The van der Waals surface area contributed by atoms with Crippen LogP contribution < -0.4 is 9.64 Å². The fourth-order valence-electron chi connectivity index (χ4n) is 6.23. The van der Waals surface area contributed by atoms with Crippen LogP contribution in [0.15, 0.2) is 49.3 Å². The summed E-state index contributed by atoms with van der Waals surface area (Å²) in [7, 11) is 2.13. The zero-order chi connectivity index (χ0) is 28.3. The second kappa shape index (κ2) is 11.8. The highest BCUT2D eigenvalue weighted by Gasteiger charge is 2.35. The molecule has 3 aliphatic heterocycles. The van der Waals surface area contributed by atoms with Gasteiger partial charge in [-0.15, -0.1) is 0 Å². The van der Waals surface area contributed by atoms with Crippen LogP contribution in [0.1, 0.15) is 35.8 Å². The number of rotatable bonds is 7. The number of ether oxygens (including phenoxy) is 2. The van der Waals surface area contributed by atoms with Gasteiger partial charge in [-0.2, -0.15) is 9.97 Å². The summed E-state index contributed by atoms with van der Waals surface area (Å²) >= 11 is 0. The lowest BCUT2D eigenvalue weighted by Gasteiger charge is -2.40. The molecule has 10 nitrogen and oxygen atoms in total. The number of aromatic nitrogens is 3. The van der Waals surface area contributed by atoms with Crippen LogP contribution in [-0.4, -0.2) is 89.1 Å². The third kappa shape index (κ3) is 5.47. The van der Waals surface area contributed by atoms with Crippen molar-refractivity contribution in [2.45, 2.75) is 44.1 Å². The third-order valence-electron chi connectivity index (χ3n) is 8.52. The van der Waals surface area contributed by atoms with Crippen molar-refractivity contribution >= 4 is 22.5 Å². The van der Waals surface area contributed by atoms with E-state index in [9.17, 15) is 4.79 Å². The summed E-state index contributed by atoms with van der Waals surface area (Å²) in [6.45, 7) is 14.8. The van der Waals surface area contributed by atoms with Crippen molar-refractivity contribution in [2.24, 2.45) is 0 Å². The van der Waals surface area contributed by atoms with Gasteiger partial charge in [0.05, 0.1) is 18.4 Å². The predicted octanol–water partition coefficient (Wildman–Crippen LogP) is 3.43. The maximum absolute atomic E-state index is 12.5. The van der Waals surface area contributed by atoms with Crippen molar-refractivity contribution in [3.8, 4) is 6.01 Å². The van der Waals surface area contributed by atoms with Gasteiger partial charge in [-0.3, -0.25) is 9.78 Å². The SMILES string of the molecule is [C-]#[N+]C[C@H]1CN(c2nc(OC[C@@H]3CCCN3C)nc3c2COC(c2cncc4ccccc24)C3)CCN1C(=O)C=C. The number of hydrogen-bond donors (Lipinski definition) is 0. The standard InChI is InChI=1S/C31H35N7O3/c1-4-29(39)38-13-12-37(18-23(38)16-32-2)30-26-20-40-28(25-17-33-15-21-8-5-6-10-24(21)25)14-27(26)34-31(35-30)41-19-22-9-7-11-36(22)3/h4-6,8,10,15,17,22-23,28H,1,7,9,11-14,16,18-20H2,3H3/t22-,23-,28?/m0/s1. The second-order valence-corrected chi connectivity index (χ2v) is 11.0. The first-order valence-corrected chi connectivity index (χ1v) is 14.2. The molecule has 212 valence electrons. The maximum atomic E-state index is 12.5. The Morgan fingerprint density at radius 3 is 2.90 bits per heavy atom. The minimum absolute atomic E-state index is 0.150. The average molecular weight is 554 g/mol. The van der Waals surface area contributed by atoms with Crippen LogP contribution in [0.4, 0.5) is 5.82 Å². The molecule has 1 aromatic carbocycles. The molecule has 3 aliphatic rings. The van der Waals surface area contributed by atoms with E-state index in [0.717, 1.165) is 52.8 Å². The number of anilines is 1. The van der Waals surface area contributed by atoms with E-state index in [1.54, 1.807) is 4.90 Å². The number of benzene rings is 1. The zero-order valence-corrected chi connectivity index (χ0v) is 23.4. The van der Waals surface area contributed by atoms with Crippen LogP contribution in [0, 0.1) is 6.57 Å². The molecular weight excluding hydrogens is 518 g/mol. The number of pyridine rings is 1. The van der Waals surface area contributed by atoms with Gasteiger partial charge in [-0.1, -0.05) is 30.8 Å². The Kier molecular flexibility index (Phi) is 7.81. The number of piperazine rings is 1. The summed E-state index contributed by atoms with van der Waals surface area (Å²) in [6.07, 6.45) is 7.71. The van der Waals surface area contributed by atoms with Crippen molar-refractivity contribution in [1.29, 1.82) is 0 Å². The van der Waals surface area contributed by atoms with Crippen molar-refractivity contribution in [3.05, 3.63) is 77.6 Å². The number of nitrogens with zero attached hydrogens (tertiary/aromatic N) is 7. The lowest BCUT2D eigenvalue weighted by atomic mass is 9.96. The molecule has 0 N–H and O–H groups in total. The fraction of sp³-hybridized carbons (Fsp3) is 0.452. The number of amides is 1. The zero-order valence-electron chi connectivity index (χ0n) is 23.4. The van der Waals surface area contributed by atoms with Gasteiger partial charge in [0.15, 0.2) is 0 Å². The third-order valence-corrected chi connectivity index (χ3v) is 8.52. The molecule has 2 saturated heterocycles. The first kappa shape index (κ1) is 27.1. The summed E-state index contributed by atoms with van der Waals surface area (Å²) in [5, 5.41) is 2.20. The van der Waals surface area contributed by atoms with Crippen LogP contribution in [0.25, 0.3) is 15.6 Å². The molecule has 0 saturated carbocycles. The monoisotopic (exact) mass is 553 g/mol. The normalized spacial score (nSPS) is 22.8. The number of hydrogen-bond acceptors (Lipinski definition) is 8. The summed E-state index contributed by atoms with van der Waals surface area (Å²) < 4.78 is 12.7. The average Bonchev–Trinajstić information content (AvgIpc) is 3.43. The van der Waals surface area contributed by atoms with Gasteiger partial charge in [0.1, 0.15) is 18.5 Å². The van der Waals surface area contributed by atoms with Crippen LogP contribution in [0.2, 0.25) is 0 Å². The van der Waals surface area contributed by atoms with E-state index in [1.165, 1.54) is 6.08 Å². The molecule has 10 heteroatoms.